The number of carbonyl (C=O) groups is 1. The summed E-state index contributed by atoms with van der Waals surface area (Å²) in [4.78, 5) is 23.6. The highest BCUT2D eigenvalue weighted by atomic mass is 16.1. The normalized spacial score (nSPS) is 20.5. The predicted molar refractivity (Wildman–Crippen MR) is 103 cm³/mol. The van der Waals surface area contributed by atoms with Gasteiger partial charge in [-0.05, 0) is 37.8 Å². The number of nitrogens with one attached hydrogen (secondary N) is 1. The van der Waals surface area contributed by atoms with Gasteiger partial charge in [0.1, 0.15) is 5.69 Å². The number of aromatic nitrogens is 2. The number of anilines is 2. The van der Waals surface area contributed by atoms with Gasteiger partial charge in [0.25, 0.3) is 5.91 Å². The Morgan fingerprint density at radius 1 is 1.08 bits per heavy atom. The van der Waals surface area contributed by atoms with Crippen molar-refractivity contribution in [3.05, 3.63) is 47.9 Å². The molecule has 2 heterocycles. The molecule has 0 bridgehead atoms. The first-order valence-electron chi connectivity index (χ1n) is 9.72. The van der Waals surface area contributed by atoms with Crippen molar-refractivity contribution in [2.75, 3.05) is 4.90 Å². The maximum atomic E-state index is 12.5. The molecule has 0 saturated heterocycles. The molecule has 1 amide bonds. The number of rotatable bonds is 3. The second-order valence-electron chi connectivity index (χ2n) is 7.47. The van der Waals surface area contributed by atoms with Crippen molar-refractivity contribution in [3.8, 4) is 0 Å². The molecule has 136 valence electrons. The Balaban J connectivity index is 1.47. The lowest BCUT2D eigenvalue weighted by Crippen LogP contribution is -2.35. The summed E-state index contributed by atoms with van der Waals surface area (Å²) >= 11 is 0. The van der Waals surface area contributed by atoms with Gasteiger partial charge < -0.3 is 10.2 Å². The molecule has 1 aromatic carbocycles. The molecule has 4 rings (SSSR count). The van der Waals surface area contributed by atoms with Crippen molar-refractivity contribution in [1.82, 2.24) is 15.3 Å². The van der Waals surface area contributed by atoms with Gasteiger partial charge in [0.15, 0.2) is 5.82 Å². The Morgan fingerprint density at radius 2 is 1.85 bits per heavy atom. The summed E-state index contributed by atoms with van der Waals surface area (Å²) in [5.41, 5.74) is 2.92. The second kappa shape index (κ2) is 7.44. The molecule has 1 aromatic heterocycles. The standard InChI is InChI=1S/C21H26N4O/c1-15-12-16-8-6-7-11-19(16)25(15)20-14-22-18(13-23-20)21(26)24-17-9-4-2-3-5-10-17/h6-8,11,13-15,17H,2-5,9-10,12H2,1H3,(H,24,26). The lowest BCUT2D eigenvalue weighted by atomic mass is 10.1. The lowest BCUT2D eigenvalue weighted by molar-refractivity contribution is 0.0928. The first-order valence-corrected chi connectivity index (χ1v) is 9.72. The van der Waals surface area contributed by atoms with Crippen molar-refractivity contribution in [1.29, 1.82) is 0 Å². The van der Waals surface area contributed by atoms with E-state index in [1.165, 1.54) is 36.9 Å². The van der Waals surface area contributed by atoms with E-state index in [0.29, 0.717) is 11.7 Å². The number of benzene rings is 1. The highest BCUT2D eigenvalue weighted by molar-refractivity contribution is 5.92. The summed E-state index contributed by atoms with van der Waals surface area (Å²) in [5.74, 6) is 0.694. The summed E-state index contributed by atoms with van der Waals surface area (Å²) in [6.07, 6.45) is 11.4. The zero-order valence-corrected chi connectivity index (χ0v) is 15.3. The molecule has 26 heavy (non-hydrogen) atoms. The zero-order valence-electron chi connectivity index (χ0n) is 15.3. The molecule has 1 fully saturated rings. The van der Waals surface area contributed by atoms with Gasteiger partial charge in [0.2, 0.25) is 0 Å². The van der Waals surface area contributed by atoms with Crippen LogP contribution in [0.1, 0.15) is 61.5 Å². The predicted octanol–water partition coefficient (Wildman–Crippen LogP) is 4.01. The highest BCUT2D eigenvalue weighted by Crippen LogP contribution is 2.36. The van der Waals surface area contributed by atoms with Gasteiger partial charge >= 0.3 is 0 Å². The number of hydrogen-bond acceptors (Lipinski definition) is 4. The van der Waals surface area contributed by atoms with E-state index in [2.05, 4.69) is 45.3 Å². The van der Waals surface area contributed by atoms with E-state index < -0.39 is 0 Å². The van der Waals surface area contributed by atoms with Crippen LogP contribution in [0.2, 0.25) is 0 Å². The largest absolute Gasteiger partial charge is 0.348 e. The molecular weight excluding hydrogens is 324 g/mol. The Morgan fingerprint density at radius 3 is 2.58 bits per heavy atom. The van der Waals surface area contributed by atoms with Crippen LogP contribution in [0.5, 0.6) is 0 Å². The van der Waals surface area contributed by atoms with Crippen molar-refractivity contribution in [2.45, 2.75) is 64.0 Å². The fourth-order valence-corrected chi connectivity index (χ4v) is 4.16. The van der Waals surface area contributed by atoms with Crippen LogP contribution in [0.15, 0.2) is 36.7 Å². The van der Waals surface area contributed by atoms with Gasteiger partial charge in [-0.25, -0.2) is 9.97 Å². The molecule has 1 N–H and O–H groups in total. The Bertz CT molecular complexity index is 766. The van der Waals surface area contributed by atoms with Gasteiger partial charge in [-0.2, -0.15) is 0 Å². The molecule has 1 atom stereocenters. The second-order valence-corrected chi connectivity index (χ2v) is 7.47. The van der Waals surface area contributed by atoms with E-state index in [9.17, 15) is 4.79 Å². The van der Waals surface area contributed by atoms with Gasteiger partial charge in [0, 0.05) is 17.8 Å². The number of nitrogens with zero attached hydrogens (tertiary/aromatic N) is 3. The van der Waals surface area contributed by atoms with Crippen LogP contribution in [0.4, 0.5) is 11.5 Å². The lowest BCUT2D eigenvalue weighted by Gasteiger charge is -2.23. The SMILES string of the molecule is CC1Cc2ccccc2N1c1cnc(C(=O)NC2CCCCCC2)cn1. The zero-order chi connectivity index (χ0) is 17.9. The maximum absolute atomic E-state index is 12.5. The van der Waals surface area contributed by atoms with Crippen LogP contribution in [0.3, 0.4) is 0 Å². The molecule has 1 aliphatic heterocycles. The molecule has 1 saturated carbocycles. The van der Waals surface area contributed by atoms with Crippen molar-refractivity contribution in [3.63, 3.8) is 0 Å². The third-order valence-electron chi connectivity index (χ3n) is 5.52. The Labute approximate surface area is 154 Å². The highest BCUT2D eigenvalue weighted by Gasteiger charge is 2.28. The third-order valence-corrected chi connectivity index (χ3v) is 5.52. The average molecular weight is 350 g/mol. The minimum absolute atomic E-state index is 0.106. The van der Waals surface area contributed by atoms with Gasteiger partial charge in [0.05, 0.1) is 12.4 Å². The van der Waals surface area contributed by atoms with E-state index in [-0.39, 0.29) is 11.9 Å². The first kappa shape index (κ1) is 17.0. The topological polar surface area (TPSA) is 58.1 Å². The van der Waals surface area contributed by atoms with Crippen LogP contribution < -0.4 is 10.2 Å². The van der Waals surface area contributed by atoms with Crippen molar-refractivity contribution >= 4 is 17.4 Å². The van der Waals surface area contributed by atoms with Crippen LogP contribution in [-0.4, -0.2) is 28.0 Å². The van der Waals surface area contributed by atoms with Crippen molar-refractivity contribution in [2.24, 2.45) is 0 Å². The summed E-state index contributed by atoms with van der Waals surface area (Å²) in [6.45, 7) is 2.19. The van der Waals surface area contributed by atoms with Gasteiger partial charge in [-0.15, -0.1) is 0 Å². The van der Waals surface area contributed by atoms with Gasteiger partial charge in [-0.3, -0.25) is 4.79 Å². The van der Waals surface area contributed by atoms with Gasteiger partial charge in [-0.1, -0.05) is 43.9 Å². The maximum Gasteiger partial charge on any atom is 0.271 e. The van der Waals surface area contributed by atoms with Crippen LogP contribution in [0, 0.1) is 0 Å². The molecule has 1 unspecified atom stereocenters. The monoisotopic (exact) mass is 350 g/mol. The third kappa shape index (κ3) is 3.43. The number of amides is 1. The van der Waals surface area contributed by atoms with E-state index in [1.54, 1.807) is 12.4 Å². The van der Waals surface area contributed by atoms with Crippen LogP contribution in [0.25, 0.3) is 0 Å². The number of carbonyl (C=O) groups excluding carboxylic acids is 1. The fraction of sp³-hybridized carbons (Fsp3) is 0.476. The number of para-hydroxylation sites is 1. The minimum Gasteiger partial charge on any atom is -0.348 e. The Hall–Kier alpha value is -2.43. The molecule has 0 spiro atoms. The molecule has 1 aliphatic carbocycles. The summed E-state index contributed by atoms with van der Waals surface area (Å²) in [5, 5.41) is 3.13. The fourth-order valence-electron chi connectivity index (χ4n) is 4.16. The van der Waals surface area contributed by atoms with Crippen LogP contribution >= 0.6 is 0 Å². The molecule has 2 aliphatic rings. The van der Waals surface area contributed by atoms with E-state index in [4.69, 9.17) is 0 Å². The number of hydrogen-bond donors (Lipinski definition) is 1. The molecule has 5 nitrogen and oxygen atoms in total. The molecule has 0 radical (unpaired) electrons. The van der Waals surface area contributed by atoms with E-state index in [0.717, 1.165) is 25.1 Å². The van der Waals surface area contributed by atoms with Crippen molar-refractivity contribution < 1.29 is 4.79 Å². The van der Waals surface area contributed by atoms with E-state index in [1.807, 2.05) is 6.07 Å². The average Bonchev–Trinajstić information content (AvgIpc) is 2.81. The quantitative estimate of drug-likeness (QED) is 0.850. The summed E-state index contributed by atoms with van der Waals surface area (Å²) < 4.78 is 0. The first-order chi connectivity index (χ1) is 12.7. The molecule has 5 heteroatoms. The minimum atomic E-state index is -0.106. The van der Waals surface area contributed by atoms with E-state index >= 15 is 0 Å². The van der Waals surface area contributed by atoms with Crippen LogP contribution in [-0.2, 0) is 6.42 Å². The summed E-state index contributed by atoms with van der Waals surface area (Å²) in [7, 11) is 0. The summed E-state index contributed by atoms with van der Waals surface area (Å²) in [6, 6.07) is 9.01. The smallest absolute Gasteiger partial charge is 0.271 e. The Kier molecular flexibility index (Phi) is 4.87. The molecule has 2 aromatic rings. The number of fused-ring (bicyclic) bond motifs is 1. The molecular formula is C21H26N4O.